The van der Waals surface area contributed by atoms with Crippen LogP contribution in [0.5, 0.6) is 5.75 Å². The molecule has 0 aromatic heterocycles. The Morgan fingerprint density at radius 2 is 1.74 bits per heavy atom. The van der Waals surface area contributed by atoms with Crippen molar-refractivity contribution in [3.05, 3.63) is 29.8 Å². The maximum absolute atomic E-state index is 11.8. The molecule has 0 unspecified atom stereocenters. The third kappa shape index (κ3) is 7.17. The molecule has 0 heterocycles. The standard InChI is InChI=1S/C18H28N2O3/c1-4-6-7-14(5-2)12-19-17(21)18(22)20-13-15-8-10-16(23-3)11-9-15/h8-11,14H,4-7,12-13H2,1-3H3,(H,19,21)(H,20,22)/t14-/m0/s1. The molecule has 0 fully saturated rings. The van der Waals surface area contributed by atoms with Crippen LogP contribution in [-0.4, -0.2) is 25.5 Å². The van der Waals surface area contributed by atoms with Crippen molar-refractivity contribution in [1.82, 2.24) is 10.6 Å². The summed E-state index contributed by atoms with van der Waals surface area (Å²) < 4.78 is 5.07. The van der Waals surface area contributed by atoms with E-state index in [-0.39, 0.29) is 0 Å². The number of benzene rings is 1. The zero-order chi connectivity index (χ0) is 17.1. The van der Waals surface area contributed by atoms with Gasteiger partial charge >= 0.3 is 11.8 Å². The maximum atomic E-state index is 11.8. The Kier molecular flexibility index (Phi) is 8.80. The van der Waals surface area contributed by atoms with Gasteiger partial charge in [-0.15, -0.1) is 0 Å². The number of carbonyl (C=O) groups is 2. The first-order valence-corrected chi connectivity index (χ1v) is 8.29. The normalized spacial score (nSPS) is 11.6. The highest BCUT2D eigenvalue weighted by Crippen LogP contribution is 2.12. The number of nitrogens with one attached hydrogen (secondary N) is 2. The Morgan fingerprint density at radius 3 is 2.30 bits per heavy atom. The number of ether oxygens (including phenoxy) is 1. The zero-order valence-electron chi connectivity index (χ0n) is 14.4. The molecule has 0 saturated heterocycles. The molecule has 23 heavy (non-hydrogen) atoms. The van der Waals surface area contributed by atoms with E-state index in [9.17, 15) is 9.59 Å². The van der Waals surface area contributed by atoms with E-state index in [0.29, 0.717) is 19.0 Å². The smallest absolute Gasteiger partial charge is 0.309 e. The van der Waals surface area contributed by atoms with Gasteiger partial charge in [-0.2, -0.15) is 0 Å². The molecule has 1 aromatic rings. The number of rotatable bonds is 9. The summed E-state index contributed by atoms with van der Waals surface area (Å²) in [5, 5.41) is 5.36. The first-order valence-electron chi connectivity index (χ1n) is 8.29. The van der Waals surface area contributed by atoms with E-state index in [1.165, 1.54) is 0 Å². The van der Waals surface area contributed by atoms with E-state index in [1.807, 2.05) is 24.3 Å². The van der Waals surface area contributed by atoms with Crippen LogP contribution in [-0.2, 0) is 16.1 Å². The monoisotopic (exact) mass is 320 g/mol. The van der Waals surface area contributed by atoms with Gasteiger partial charge < -0.3 is 15.4 Å². The van der Waals surface area contributed by atoms with E-state index in [0.717, 1.165) is 37.0 Å². The predicted molar refractivity (Wildman–Crippen MR) is 91.2 cm³/mol. The highest BCUT2D eigenvalue weighted by atomic mass is 16.5. The van der Waals surface area contributed by atoms with Gasteiger partial charge in [0.1, 0.15) is 5.75 Å². The van der Waals surface area contributed by atoms with E-state index in [2.05, 4.69) is 24.5 Å². The number of amides is 2. The average molecular weight is 320 g/mol. The topological polar surface area (TPSA) is 67.4 Å². The summed E-state index contributed by atoms with van der Waals surface area (Å²) >= 11 is 0. The van der Waals surface area contributed by atoms with Gasteiger partial charge in [0, 0.05) is 13.1 Å². The lowest BCUT2D eigenvalue weighted by molar-refractivity contribution is -0.139. The lowest BCUT2D eigenvalue weighted by atomic mass is 9.99. The quantitative estimate of drug-likeness (QED) is 0.687. The summed E-state index contributed by atoms with van der Waals surface area (Å²) in [6, 6.07) is 7.35. The Bertz CT molecular complexity index is 486. The summed E-state index contributed by atoms with van der Waals surface area (Å²) in [5.41, 5.74) is 0.918. The molecule has 0 bridgehead atoms. The van der Waals surface area contributed by atoms with E-state index < -0.39 is 11.8 Å². The van der Waals surface area contributed by atoms with Gasteiger partial charge in [0.2, 0.25) is 0 Å². The van der Waals surface area contributed by atoms with Crippen molar-refractivity contribution in [1.29, 1.82) is 0 Å². The van der Waals surface area contributed by atoms with Crippen molar-refractivity contribution in [2.24, 2.45) is 5.92 Å². The molecule has 1 atom stereocenters. The first kappa shape index (κ1) is 19.0. The predicted octanol–water partition coefficient (Wildman–Crippen LogP) is 2.64. The van der Waals surface area contributed by atoms with Crippen LogP contribution >= 0.6 is 0 Å². The molecule has 5 nitrogen and oxygen atoms in total. The van der Waals surface area contributed by atoms with Gasteiger partial charge in [0.05, 0.1) is 7.11 Å². The van der Waals surface area contributed by atoms with Gasteiger partial charge in [-0.05, 0) is 30.0 Å². The van der Waals surface area contributed by atoms with Gasteiger partial charge in [0.15, 0.2) is 0 Å². The summed E-state index contributed by atoms with van der Waals surface area (Å²) in [4.78, 5) is 23.6. The zero-order valence-corrected chi connectivity index (χ0v) is 14.4. The number of hydrogen-bond acceptors (Lipinski definition) is 3. The van der Waals surface area contributed by atoms with Crippen molar-refractivity contribution in [3.63, 3.8) is 0 Å². The first-order chi connectivity index (χ1) is 11.1. The highest BCUT2D eigenvalue weighted by Gasteiger charge is 2.14. The minimum atomic E-state index is -0.592. The molecule has 0 radical (unpaired) electrons. The van der Waals surface area contributed by atoms with Crippen molar-refractivity contribution in [2.45, 2.75) is 46.1 Å². The second kappa shape index (κ2) is 10.6. The Labute approximate surface area is 138 Å². The van der Waals surface area contributed by atoms with Crippen LogP contribution < -0.4 is 15.4 Å². The van der Waals surface area contributed by atoms with Gasteiger partial charge in [0.25, 0.3) is 0 Å². The van der Waals surface area contributed by atoms with Crippen LogP contribution in [0.4, 0.5) is 0 Å². The van der Waals surface area contributed by atoms with Crippen LogP contribution in [0.15, 0.2) is 24.3 Å². The van der Waals surface area contributed by atoms with Crippen LogP contribution in [0, 0.1) is 5.92 Å². The Balaban J connectivity index is 2.33. The number of methoxy groups -OCH3 is 1. The second-order valence-electron chi connectivity index (χ2n) is 5.66. The van der Waals surface area contributed by atoms with Crippen molar-refractivity contribution in [3.8, 4) is 5.75 Å². The second-order valence-corrected chi connectivity index (χ2v) is 5.66. The summed E-state index contributed by atoms with van der Waals surface area (Å²) in [6.07, 6.45) is 4.39. The molecule has 0 aliphatic carbocycles. The highest BCUT2D eigenvalue weighted by molar-refractivity contribution is 6.35. The molecule has 128 valence electrons. The van der Waals surface area contributed by atoms with Crippen LogP contribution in [0.3, 0.4) is 0 Å². The van der Waals surface area contributed by atoms with Gasteiger partial charge in [-0.25, -0.2) is 0 Å². The molecule has 2 N–H and O–H groups in total. The fourth-order valence-electron chi connectivity index (χ4n) is 2.27. The summed E-state index contributed by atoms with van der Waals surface area (Å²) in [6.45, 7) is 5.14. The number of unbranched alkanes of at least 4 members (excludes halogenated alkanes) is 1. The molecule has 0 saturated carbocycles. The number of hydrogen-bond donors (Lipinski definition) is 2. The SMILES string of the molecule is CCCC[C@H](CC)CNC(=O)C(=O)NCc1ccc(OC)cc1. The number of carbonyl (C=O) groups excluding carboxylic acids is 2. The molecule has 2 amide bonds. The largest absolute Gasteiger partial charge is 0.497 e. The molecular formula is C18H28N2O3. The van der Waals surface area contributed by atoms with Crippen molar-refractivity contribution < 1.29 is 14.3 Å². The minimum absolute atomic E-state index is 0.323. The van der Waals surface area contributed by atoms with E-state index >= 15 is 0 Å². The van der Waals surface area contributed by atoms with Crippen LogP contribution in [0.1, 0.15) is 45.1 Å². The molecular weight excluding hydrogens is 292 g/mol. The molecule has 1 aromatic carbocycles. The molecule has 5 heteroatoms. The molecule has 0 aliphatic heterocycles. The molecule has 0 aliphatic rings. The summed E-state index contributed by atoms with van der Waals surface area (Å²) in [5.74, 6) is 0.0448. The van der Waals surface area contributed by atoms with E-state index in [4.69, 9.17) is 4.74 Å². The Morgan fingerprint density at radius 1 is 1.09 bits per heavy atom. The summed E-state index contributed by atoms with van der Waals surface area (Å²) in [7, 11) is 1.60. The fraction of sp³-hybridized carbons (Fsp3) is 0.556. The molecule has 0 spiro atoms. The van der Waals surface area contributed by atoms with Crippen LogP contribution in [0.25, 0.3) is 0 Å². The molecule has 1 rings (SSSR count). The van der Waals surface area contributed by atoms with Gasteiger partial charge in [-0.3, -0.25) is 9.59 Å². The van der Waals surface area contributed by atoms with Crippen LogP contribution in [0.2, 0.25) is 0 Å². The third-order valence-electron chi connectivity index (χ3n) is 3.91. The Hall–Kier alpha value is -2.04. The lowest BCUT2D eigenvalue weighted by Crippen LogP contribution is -2.41. The fourth-order valence-corrected chi connectivity index (χ4v) is 2.27. The lowest BCUT2D eigenvalue weighted by Gasteiger charge is -2.15. The van der Waals surface area contributed by atoms with Gasteiger partial charge in [-0.1, -0.05) is 45.2 Å². The maximum Gasteiger partial charge on any atom is 0.309 e. The van der Waals surface area contributed by atoms with E-state index in [1.54, 1.807) is 7.11 Å². The van der Waals surface area contributed by atoms with Crippen molar-refractivity contribution >= 4 is 11.8 Å². The third-order valence-corrected chi connectivity index (χ3v) is 3.91. The minimum Gasteiger partial charge on any atom is -0.497 e. The van der Waals surface area contributed by atoms with Crippen molar-refractivity contribution in [2.75, 3.05) is 13.7 Å². The average Bonchev–Trinajstić information content (AvgIpc) is 2.60.